The summed E-state index contributed by atoms with van der Waals surface area (Å²) in [6, 6.07) is 17.5. The van der Waals surface area contributed by atoms with E-state index in [-0.39, 0.29) is 6.04 Å². The first-order valence-electron chi connectivity index (χ1n) is 9.00. The third-order valence-electron chi connectivity index (χ3n) is 4.86. The maximum absolute atomic E-state index is 10.4. The van der Waals surface area contributed by atoms with Gasteiger partial charge in [0.15, 0.2) is 0 Å². The molecule has 5 heteroatoms. The lowest BCUT2D eigenvalue weighted by Crippen LogP contribution is -2.28. The lowest BCUT2D eigenvalue weighted by molar-refractivity contribution is 0.140. The summed E-state index contributed by atoms with van der Waals surface area (Å²) in [5.41, 5.74) is 4.32. The van der Waals surface area contributed by atoms with Gasteiger partial charge in [0.05, 0.1) is 12.1 Å². The number of aliphatic hydroxyl groups is 1. The Labute approximate surface area is 163 Å². The van der Waals surface area contributed by atoms with E-state index in [1.54, 1.807) is 12.4 Å². The number of halogens is 1. The molecule has 2 N–H and O–H groups in total. The van der Waals surface area contributed by atoms with E-state index >= 15 is 0 Å². The van der Waals surface area contributed by atoms with Crippen molar-refractivity contribution in [1.29, 1.82) is 0 Å². The molecule has 0 radical (unpaired) electrons. The Hall–Kier alpha value is -2.40. The molecule has 4 rings (SSSR count). The Morgan fingerprint density at radius 1 is 1.15 bits per heavy atom. The van der Waals surface area contributed by atoms with Crippen LogP contribution in [0.5, 0.6) is 5.75 Å². The summed E-state index contributed by atoms with van der Waals surface area (Å²) in [6.45, 7) is 0.996. The molecule has 3 aromatic rings. The topological polar surface area (TPSA) is 54.4 Å². The average Bonchev–Trinajstić information content (AvgIpc) is 3.01. The first-order valence-corrected chi connectivity index (χ1v) is 9.38. The summed E-state index contributed by atoms with van der Waals surface area (Å²) in [5, 5.41) is 14.6. The van der Waals surface area contributed by atoms with Crippen LogP contribution in [-0.4, -0.2) is 16.2 Å². The number of rotatable bonds is 6. The predicted molar refractivity (Wildman–Crippen MR) is 106 cm³/mol. The first kappa shape index (κ1) is 18.0. The Balaban J connectivity index is 1.48. The second-order valence-corrected chi connectivity index (χ2v) is 7.17. The van der Waals surface area contributed by atoms with Gasteiger partial charge in [-0.25, -0.2) is 0 Å². The number of ether oxygens (including phenoxy) is 1. The van der Waals surface area contributed by atoms with Crippen molar-refractivity contribution in [3.8, 4) is 5.75 Å². The molecule has 0 bridgehead atoms. The van der Waals surface area contributed by atoms with Gasteiger partial charge in [-0.15, -0.1) is 0 Å². The van der Waals surface area contributed by atoms with Crippen molar-refractivity contribution in [1.82, 2.24) is 10.3 Å². The molecule has 0 saturated carbocycles. The Morgan fingerprint density at radius 3 is 2.89 bits per heavy atom. The molecule has 138 valence electrons. The molecule has 0 unspecified atom stereocenters. The summed E-state index contributed by atoms with van der Waals surface area (Å²) in [6.07, 6.45) is 3.78. The molecule has 1 heterocycles. The zero-order valence-corrected chi connectivity index (χ0v) is 15.6. The van der Waals surface area contributed by atoms with Gasteiger partial charge in [-0.3, -0.25) is 4.98 Å². The van der Waals surface area contributed by atoms with Crippen molar-refractivity contribution >= 4 is 11.6 Å². The molecule has 4 nitrogen and oxygen atoms in total. The highest BCUT2D eigenvalue weighted by Crippen LogP contribution is 2.32. The summed E-state index contributed by atoms with van der Waals surface area (Å²) in [7, 11) is 0. The van der Waals surface area contributed by atoms with Crippen LogP contribution in [0.2, 0.25) is 5.02 Å². The van der Waals surface area contributed by atoms with E-state index in [1.807, 2.05) is 42.5 Å². The van der Waals surface area contributed by atoms with E-state index in [0.717, 1.165) is 22.4 Å². The molecule has 0 amide bonds. The first-order chi connectivity index (χ1) is 13.2. The normalized spacial score (nSPS) is 18.3. The van der Waals surface area contributed by atoms with Gasteiger partial charge in [0.25, 0.3) is 0 Å². The summed E-state index contributed by atoms with van der Waals surface area (Å²) in [4.78, 5) is 4.11. The van der Waals surface area contributed by atoms with E-state index < -0.39 is 6.10 Å². The van der Waals surface area contributed by atoms with Crippen molar-refractivity contribution < 1.29 is 9.84 Å². The van der Waals surface area contributed by atoms with E-state index in [9.17, 15) is 5.11 Å². The van der Waals surface area contributed by atoms with Gasteiger partial charge in [-0.05, 0) is 35.4 Å². The lowest BCUT2D eigenvalue weighted by atomic mass is 10.1. The van der Waals surface area contributed by atoms with Crippen molar-refractivity contribution in [3.05, 3.63) is 94.3 Å². The van der Waals surface area contributed by atoms with Crippen LogP contribution in [0.15, 0.2) is 67.0 Å². The Bertz CT molecular complexity index is 917. The number of nitrogens with one attached hydrogen (secondary N) is 1. The number of fused-ring (bicyclic) bond motifs is 1. The molecular weight excluding hydrogens is 360 g/mol. The van der Waals surface area contributed by atoms with Gasteiger partial charge in [0.1, 0.15) is 12.4 Å². The highest BCUT2D eigenvalue weighted by Gasteiger charge is 2.30. The predicted octanol–water partition coefficient (Wildman–Crippen LogP) is 4.06. The van der Waals surface area contributed by atoms with Crippen LogP contribution in [0.1, 0.15) is 28.3 Å². The van der Waals surface area contributed by atoms with E-state index in [2.05, 4.69) is 22.4 Å². The number of nitrogens with zero attached hydrogens (tertiary/aromatic N) is 1. The minimum Gasteiger partial charge on any atom is -0.489 e. The summed E-state index contributed by atoms with van der Waals surface area (Å²) in [5.74, 6) is 0.775. The van der Waals surface area contributed by atoms with Crippen LogP contribution in [0.4, 0.5) is 0 Å². The number of aromatic nitrogens is 1. The highest BCUT2D eigenvalue weighted by molar-refractivity contribution is 6.30. The lowest BCUT2D eigenvalue weighted by Gasteiger charge is -2.19. The molecule has 2 atom stereocenters. The van der Waals surface area contributed by atoms with Crippen LogP contribution >= 0.6 is 11.6 Å². The van der Waals surface area contributed by atoms with Crippen LogP contribution < -0.4 is 10.1 Å². The quantitative estimate of drug-likeness (QED) is 0.677. The van der Waals surface area contributed by atoms with Crippen LogP contribution in [-0.2, 0) is 19.6 Å². The van der Waals surface area contributed by atoms with Gasteiger partial charge < -0.3 is 15.2 Å². The zero-order chi connectivity index (χ0) is 18.6. The average molecular weight is 381 g/mol. The maximum atomic E-state index is 10.4. The largest absolute Gasteiger partial charge is 0.489 e. The van der Waals surface area contributed by atoms with Gasteiger partial charge >= 0.3 is 0 Å². The zero-order valence-electron chi connectivity index (χ0n) is 14.8. The fourth-order valence-electron chi connectivity index (χ4n) is 3.51. The summed E-state index contributed by atoms with van der Waals surface area (Å²) < 4.78 is 5.99. The van der Waals surface area contributed by atoms with Crippen LogP contribution in [0.3, 0.4) is 0 Å². The number of hydrogen-bond acceptors (Lipinski definition) is 4. The molecule has 0 aliphatic heterocycles. The third kappa shape index (κ3) is 4.14. The number of hydrogen-bond donors (Lipinski definition) is 2. The molecule has 2 aromatic carbocycles. The number of benzene rings is 2. The monoisotopic (exact) mass is 380 g/mol. The van der Waals surface area contributed by atoms with Crippen LogP contribution in [0.25, 0.3) is 0 Å². The van der Waals surface area contributed by atoms with E-state index in [0.29, 0.717) is 24.6 Å². The second-order valence-electron chi connectivity index (χ2n) is 6.73. The van der Waals surface area contributed by atoms with E-state index in [4.69, 9.17) is 16.3 Å². The Kier molecular flexibility index (Phi) is 5.39. The fraction of sp³-hybridized carbons (Fsp3) is 0.227. The third-order valence-corrected chi connectivity index (χ3v) is 5.09. The highest BCUT2D eigenvalue weighted by atomic mass is 35.5. The van der Waals surface area contributed by atoms with Crippen molar-refractivity contribution in [2.24, 2.45) is 0 Å². The smallest absolute Gasteiger partial charge is 0.124 e. The number of pyridine rings is 1. The number of aliphatic hydroxyl groups excluding tert-OH is 1. The minimum absolute atomic E-state index is 0.0913. The molecule has 1 aromatic heterocycles. The minimum atomic E-state index is -0.429. The van der Waals surface area contributed by atoms with Gasteiger partial charge in [0, 0.05) is 41.5 Å². The Morgan fingerprint density at radius 2 is 2.04 bits per heavy atom. The fourth-order valence-corrected chi connectivity index (χ4v) is 3.71. The van der Waals surface area contributed by atoms with Crippen molar-refractivity contribution in [2.45, 2.75) is 31.7 Å². The standard InChI is InChI=1S/C22H21ClN2O2/c23-18-7-8-21(27-14-15-4-3-9-24-12-15)17(10-18)13-25-22-19-6-2-1-5-16(19)11-20(22)26/h1-10,12,20,22,25-26H,11,13-14H2/t20-,22+/m0/s1. The van der Waals surface area contributed by atoms with Gasteiger partial charge in [-0.2, -0.15) is 0 Å². The summed E-state index contributed by atoms with van der Waals surface area (Å²) >= 11 is 6.20. The van der Waals surface area contributed by atoms with Crippen LogP contribution in [0, 0.1) is 0 Å². The maximum Gasteiger partial charge on any atom is 0.124 e. The van der Waals surface area contributed by atoms with Crippen molar-refractivity contribution in [2.75, 3.05) is 0 Å². The molecule has 1 aliphatic carbocycles. The van der Waals surface area contributed by atoms with Crippen molar-refractivity contribution in [3.63, 3.8) is 0 Å². The van der Waals surface area contributed by atoms with E-state index in [1.165, 1.54) is 5.56 Å². The molecule has 0 saturated heterocycles. The molecule has 0 fully saturated rings. The van der Waals surface area contributed by atoms with Gasteiger partial charge in [-0.1, -0.05) is 41.9 Å². The molecule has 1 aliphatic rings. The molecule has 27 heavy (non-hydrogen) atoms. The molecular formula is C22H21ClN2O2. The molecule has 0 spiro atoms. The van der Waals surface area contributed by atoms with Gasteiger partial charge in [0.2, 0.25) is 0 Å². The second kappa shape index (κ2) is 8.09. The SMILES string of the molecule is O[C@H]1Cc2ccccc2[C@H]1NCc1cc(Cl)ccc1OCc1cccnc1.